The molecule has 2 nitrogen and oxygen atoms in total. The zero-order valence-corrected chi connectivity index (χ0v) is 7.43. The highest BCUT2D eigenvalue weighted by molar-refractivity contribution is 5.01. The maximum Gasteiger partial charge on any atom is 0.113 e. The van der Waals surface area contributed by atoms with Crippen LogP contribution in [-0.2, 0) is 0 Å². The monoisotopic (exact) mass is 172 g/mol. The molecule has 0 radical (unpaired) electrons. The van der Waals surface area contributed by atoms with Crippen molar-refractivity contribution >= 4 is 0 Å². The summed E-state index contributed by atoms with van der Waals surface area (Å²) in [6, 6.07) is 0. The lowest BCUT2D eigenvalue weighted by Gasteiger charge is -2.30. The molecule has 0 aromatic heterocycles. The van der Waals surface area contributed by atoms with Crippen LogP contribution in [0.4, 0.5) is 4.39 Å². The molecular formula is C9H17FN2. The first kappa shape index (κ1) is 8.45. The molecule has 2 aliphatic rings. The molecule has 1 saturated heterocycles. The van der Waals surface area contributed by atoms with Gasteiger partial charge in [-0.05, 0) is 32.2 Å². The number of hydrogen-bond acceptors (Lipinski definition) is 2. The highest BCUT2D eigenvalue weighted by atomic mass is 19.1. The second kappa shape index (κ2) is 2.96. The fraction of sp³-hybridized carbons (Fsp3) is 1.00. The number of nitrogens with two attached hydrogens (primary N) is 1. The summed E-state index contributed by atoms with van der Waals surface area (Å²) >= 11 is 0. The first-order chi connectivity index (χ1) is 5.68. The molecule has 1 heterocycles. The van der Waals surface area contributed by atoms with Crippen molar-refractivity contribution in [2.24, 2.45) is 5.73 Å². The van der Waals surface area contributed by atoms with E-state index >= 15 is 0 Å². The van der Waals surface area contributed by atoms with Gasteiger partial charge in [0.1, 0.15) is 6.17 Å². The van der Waals surface area contributed by atoms with Gasteiger partial charge in [-0.25, -0.2) is 4.39 Å². The van der Waals surface area contributed by atoms with Gasteiger partial charge in [0.25, 0.3) is 0 Å². The molecule has 3 heteroatoms. The lowest BCUT2D eigenvalue weighted by molar-refractivity contribution is 0.130. The van der Waals surface area contributed by atoms with Crippen LogP contribution < -0.4 is 5.73 Å². The van der Waals surface area contributed by atoms with Gasteiger partial charge in [-0.15, -0.1) is 0 Å². The van der Waals surface area contributed by atoms with Crippen LogP contribution in [-0.4, -0.2) is 36.2 Å². The molecule has 0 spiro atoms. The third-order valence-corrected chi connectivity index (χ3v) is 2.88. The van der Waals surface area contributed by atoms with Crippen LogP contribution in [0, 0.1) is 0 Å². The van der Waals surface area contributed by atoms with E-state index in [2.05, 4.69) is 4.90 Å². The molecule has 0 aromatic rings. The van der Waals surface area contributed by atoms with Gasteiger partial charge in [0.15, 0.2) is 0 Å². The van der Waals surface area contributed by atoms with E-state index in [9.17, 15) is 4.39 Å². The SMILES string of the molecule is NC1(CN2CCCC(F)C2)CC1. The van der Waals surface area contributed by atoms with Crippen LogP contribution in [0.5, 0.6) is 0 Å². The molecule has 0 bridgehead atoms. The summed E-state index contributed by atoms with van der Waals surface area (Å²) in [5.74, 6) is 0. The van der Waals surface area contributed by atoms with Gasteiger partial charge < -0.3 is 5.73 Å². The van der Waals surface area contributed by atoms with Gasteiger partial charge in [-0.1, -0.05) is 0 Å². The molecule has 1 aliphatic heterocycles. The Labute approximate surface area is 72.9 Å². The van der Waals surface area contributed by atoms with Crippen LogP contribution in [0.3, 0.4) is 0 Å². The molecule has 1 saturated carbocycles. The minimum absolute atomic E-state index is 0.0526. The predicted molar refractivity (Wildman–Crippen MR) is 46.7 cm³/mol. The molecule has 12 heavy (non-hydrogen) atoms. The molecule has 70 valence electrons. The zero-order chi connectivity index (χ0) is 8.60. The largest absolute Gasteiger partial charge is 0.324 e. The smallest absolute Gasteiger partial charge is 0.113 e. The highest BCUT2D eigenvalue weighted by Crippen LogP contribution is 2.33. The van der Waals surface area contributed by atoms with Crippen LogP contribution in [0.1, 0.15) is 25.7 Å². The first-order valence-corrected chi connectivity index (χ1v) is 4.83. The van der Waals surface area contributed by atoms with Gasteiger partial charge in [-0.3, -0.25) is 4.90 Å². The minimum atomic E-state index is -0.610. The summed E-state index contributed by atoms with van der Waals surface area (Å²) in [6.45, 7) is 2.56. The number of alkyl halides is 1. The maximum absolute atomic E-state index is 12.9. The van der Waals surface area contributed by atoms with Crippen molar-refractivity contribution in [1.82, 2.24) is 4.90 Å². The Morgan fingerprint density at radius 1 is 1.50 bits per heavy atom. The van der Waals surface area contributed by atoms with E-state index in [-0.39, 0.29) is 5.54 Å². The van der Waals surface area contributed by atoms with Gasteiger partial charge in [-0.2, -0.15) is 0 Å². The Bertz CT molecular complexity index is 168. The highest BCUT2D eigenvalue weighted by Gasteiger charge is 2.40. The minimum Gasteiger partial charge on any atom is -0.324 e. The van der Waals surface area contributed by atoms with Crippen molar-refractivity contribution in [1.29, 1.82) is 0 Å². The average Bonchev–Trinajstić information content (AvgIpc) is 2.67. The molecule has 2 rings (SSSR count). The normalized spacial score (nSPS) is 35.0. The summed E-state index contributed by atoms with van der Waals surface area (Å²) in [4.78, 5) is 2.18. The average molecular weight is 172 g/mol. The van der Waals surface area contributed by atoms with Crippen LogP contribution >= 0.6 is 0 Å². The number of nitrogens with zero attached hydrogens (tertiary/aromatic N) is 1. The topological polar surface area (TPSA) is 29.3 Å². The number of piperidine rings is 1. The van der Waals surface area contributed by atoms with Crippen molar-refractivity contribution < 1.29 is 4.39 Å². The quantitative estimate of drug-likeness (QED) is 0.671. The Balaban J connectivity index is 1.79. The van der Waals surface area contributed by atoms with E-state index in [0.29, 0.717) is 6.54 Å². The Hall–Kier alpha value is -0.150. The summed E-state index contributed by atoms with van der Waals surface area (Å²) < 4.78 is 12.9. The Morgan fingerprint density at radius 2 is 2.25 bits per heavy atom. The van der Waals surface area contributed by atoms with Crippen molar-refractivity contribution in [3.05, 3.63) is 0 Å². The van der Waals surface area contributed by atoms with E-state index < -0.39 is 6.17 Å². The fourth-order valence-corrected chi connectivity index (χ4v) is 1.91. The number of hydrogen-bond donors (Lipinski definition) is 1. The molecule has 2 N–H and O–H groups in total. The first-order valence-electron chi connectivity index (χ1n) is 4.83. The van der Waals surface area contributed by atoms with E-state index in [1.807, 2.05) is 0 Å². The molecule has 0 aromatic carbocycles. The van der Waals surface area contributed by atoms with Crippen molar-refractivity contribution in [3.8, 4) is 0 Å². The second-order valence-corrected chi connectivity index (χ2v) is 4.34. The van der Waals surface area contributed by atoms with Gasteiger partial charge in [0, 0.05) is 18.6 Å². The lowest BCUT2D eigenvalue weighted by atomic mass is 10.1. The van der Waals surface area contributed by atoms with Gasteiger partial charge in [0.05, 0.1) is 0 Å². The molecule has 1 atom stereocenters. The third kappa shape index (κ3) is 1.96. The molecule has 2 fully saturated rings. The Morgan fingerprint density at radius 3 is 2.83 bits per heavy atom. The van der Waals surface area contributed by atoms with E-state index in [1.165, 1.54) is 0 Å². The molecule has 1 aliphatic carbocycles. The summed E-state index contributed by atoms with van der Waals surface area (Å²) in [5.41, 5.74) is 6.01. The molecular weight excluding hydrogens is 155 g/mol. The van der Waals surface area contributed by atoms with E-state index in [1.54, 1.807) is 0 Å². The maximum atomic E-state index is 12.9. The molecule has 1 unspecified atom stereocenters. The van der Waals surface area contributed by atoms with Crippen LogP contribution in [0.15, 0.2) is 0 Å². The van der Waals surface area contributed by atoms with E-state index in [4.69, 9.17) is 5.73 Å². The van der Waals surface area contributed by atoms with Crippen LogP contribution in [0.2, 0.25) is 0 Å². The van der Waals surface area contributed by atoms with Crippen LogP contribution in [0.25, 0.3) is 0 Å². The fourth-order valence-electron chi connectivity index (χ4n) is 1.91. The summed E-state index contributed by atoms with van der Waals surface area (Å²) in [5, 5.41) is 0. The van der Waals surface area contributed by atoms with Gasteiger partial charge >= 0.3 is 0 Å². The van der Waals surface area contributed by atoms with Crippen molar-refractivity contribution in [2.75, 3.05) is 19.6 Å². The number of halogens is 1. The summed E-state index contributed by atoms with van der Waals surface area (Å²) in [6.07, 6.45) is 3.38. The van der Waals surface area contributed by atoms with Crippen molar-refractivity contribution in [3.63, 3.8) is 0 Å². The Kier molecular flexibility index (Phi) is 2.09. The van der Waals surface area contributed by atoms with Gasteiger partial charge in [0.2, 0.25) is 0 Å². The molecule has 0 amide bonds. The summed E-state index contributed by atoms with van der Waals surface area (Å²) in [7, 11) is 0. The number of rotatable bonds is 2. The lowest BCUT2D eigenvalue weighted by Crippen LogP contribution is -2.44. The second-order valence-electron chi connectivity index (χ2n) is 4.34. The zero-order valence-electron chi connectivity index (χ0n) is 7.43. The number of likely N-dealkylation sites (tertiary alicyclic amines) is 1. The van der Waals surface area contributed by atoms with E-state index in [0.717, 1.165) is 38.8 Å². The van der Waals surface area contributed by atoms with Crippen molar-refractivity contribution in [2.45, 2.75) is 37.4 Å². The standard InChI is InChI=1S/C9H17FN2/c10-8-2-1-5-12(6-8)7-9(11)3-4-9/h8H,1-7,11H2. The predicted octanol–water partition coefficient (Wildman–Crippen LogP) is 0.912. The third-order valence-electron chi connectivity index (χ3n) is 2.88.